The van der Waals surface area contributed by atoms with E-state index in [-0.39, 0.29) is 0 Å². The van der Waals surface area contributed by atoms with Gasteiger partial charge in [-0.2, -0.15) is 0 Å². The Morgan fingerprint density at radius 1 is 1.00 bits per heavy atom. The van der Waals surface area contributed by atoms with Crippen molar-refractivity contribution in [3.05, 3.63) is 0 Å². The summed E-state index contributed by atoms with van der Waals surface area (Å²) in [6.07, 6.45) is 5.62. The summed E-state index contributed by atoms with van der Waals surface area (Å²) < 4.78 is 0. The second-order valence-electron chi connectivity index (χ2n) is 5.08. The third kappa shape index (κ3) is 7.69. The first-order valence-electron chi connectivity index (χ1n) is 6.36. The number of aliphatic carboxylic acids is 1. The largest absolute Gasteiger partial charge is 0.481 e. The smallest absolute Gasteiger partial charge is 0.308 e. The van der Waals surface area contributed by atoms with Crippen LogP contribution in [-0.2, 0) is 4.79 Å². The van der Waals surface area contributed by atoms with Crippen LogP contribution in [0.2, 0.25) is 0 Å². The molecule has 0 aromatic heterocycles. The third-order valence-corrected chi connectivity index (χ3v) is 3.00. The van der Waals surface area contributed by atoms with Crippen LogP contribution >= 0.6 is 0 Å². The van der Waals surface area contributed by atoms with E-state index in [0.29, 0.717) is 6.42 Å². The quantitative estimate of drug-likeness (QED) is 0.598. The number of hydrogen-bond acceptors (Lipinski definition) is 2. The molecule has 16 heavy (non-hydrogen) atoms. The van der Waals surface area contributed by atoms with Gasteiger partial charge in [-0.3, -0.25) is 4.79 Å². The lowest BCUT2D eigenvalue weighted by atomic mass is 9.98. The van der Waals surface area contributed by atoms with Crippen molar-refractivity contribution in [2.24, 2.45) is 11.8 Å². The molecule has 0 rings (SSSR count). The Morgan fingerprint density at radius 2 is 1.50 bits per heavy atom. The number of rotatable bonds is 9. The predicted octanol–water partition coefficient (Wildman–Crippen LogP) is 3.06. The van der Waals surface area contributed by atoms with Crippen molar-refractivity contribution in [1.82, 2.24) is 0 Å². The van der Waals surface area contributed by atoms with E-state index >= 15 is 0 Å². The molecule has 0 saturated heterocycles. The molecule has 0 radical (unpaired) electrons. The van der Waals surface area contributed by atoms with Crippen molar-refractivity contribution in [2.45, 2.75) is 65.4 Å². The minimum Gasteiger partial charge on any atom is -0.481 e. The lowest BCUT2D eigenvalue weighted by Crippen LogP contribution is -2.25. The van der Waals surface area contributed by atoms with Gasteiger partial charge in [-0.15, -0.1) is 0 Å². The normalized spacial score (nSPS) is 15.1. The van der Waals surface area contributed by atoms with E-state index < -0.39 is 18.0 Å². The Hall–Kier alpha value is -0.570. The molecule has 2 N–H and O–H groups in total. The molecular weight excluding hydrogens is 204 g/mol. The van der Waals surface area contributed by atoms with Crippen molar-refractivity contribution in [1.29, 1.82) is 0 Å². The zero-order valence-electron chi connectivity index (χ0n) is 10.8. The predicted molar refractivity (Wildman–Crippen MR) is 65.3 cm³/mol. The van der Waals surface area contributed by atoms with Crippen LogP contribution in [0.5, 0.6) is 0 Å². The lowest BCUT2D eigenvalue weighted by molar-refractivity contribution is -0.144. The summed E-state index contributed by atoms with van der Waals surface area (Å²) in [5, 5.41) is 18.2. The molecule has 0 fully saturated rings. The van der Waals surface area contributed by atoms with Crippen LogP contribution in [0.15, 0.2) is 0 Å². The number of hydrogen-bond donors (Lipinski definition) is 2. The minimum atomic E-state index is -0.910. The van der Waals surface area contributed by atoms with Crippen LogP contribution in [0.1, 0.15) is 59.3 Å². The van der Waals surface area contributed by atoms with Crippen LogP contribution in [0, 0.1) is 11.8 Å². The Morgan fingerprint density at radius 3 is 1.94 bits per heavy atom. The van der Waals surface area contributed by atoms with Crippen molar-refractivity contribution in [3.63, 3.8) is 0 Å². The van der Waals surface area contributed by atoms with Gasteiger partial charge in [-0.25, -0.2) is 0 Å². The molecule has 0 aromatic rings. The highest BCUT2D eigenvalue weighted by molar-refractivity contribution is 5.70. The molecule has 0 amide bonds. The van der Waals surface area contributed by atoms with Crippen molar-refractivity contribution in [2.75, 3.05) is 0 Å². The van der Waals surface area contributed by atoms with Crippen molar-refractivity contribution >= 4 is 5.97 Å². The van der Waals surface area contributed by atoms with Gasteiger partial charge in [0.05, 0.1) is 12.0 Å². The number of carboxylic acid groups (broad SMARTS) is 1. The topological polar surface area (TPSA) is 57.5 Å². The van der Waals surface area contributed by atoms with E-state index in [9.17, 15) is 9.90 Å². The van der Waals surface area contributed by atoms with Crippen LogP contribution in [0.3, 0.4) is 0 Å². The monoisotopic (exact) mass is 230 g/mol. The molecule has 3 heteroatoms. The molecule has 0 spiro atoms. The molecule has 0 heterocycles. The zero-order chi connectivity index (χ0) is 12.6. The standard InChI is InChI=1S/C13H26O3/c1-10(2)8-6-4-5-7-9-12(14)11(3)13(15)16/h10-12,14H,4-9H2,1-3H3,(H,15,16)/t11-,12-/m1/s1. The maximum Gasteiger partial charge on any atom is 0.308 e. The Balaban J connectivity index is 3.41. The number of aliphatic hydroxyl groups is 1. The van der Waals surface area contributed by atoms with Gasteiger partial charge in [0.25, 0.3) is 0 Å². The molecule has 2 atom stereocenters. The van der Waals surface area contributed by atoms with Gasteiger partial charge in [0, 0.05) is 0 Å². The number of carbonyl (C=O) groups is 1. The summed E-state index contributed by atoms with van der Waals surface area (Å²) in [4.78, 5) is 10.6. The second kappa shape index (κ2) is 8.57. The van der Waals surface area contributed by atoms with Crippen LogP contribution in [0.4, 0.5) is 0 Å². The summed E-state index contributed by atoms with van der Waals surface area (Å²) in [7, 11) is 0. The lowest BCUT2D eigenvalue weighted by Gasteiger charge is -2.14. The maximum atomic E-state index is 10.6. The summed E-state index contributed by atoms with van der Waals surface area (Å²) in [5.74, 6) is -0.791. The summed E-state index contributed by atoms with van der Waals surface area (Å²) in [5.41, 5.74) is 0. The fraction of sp³-hybridized carbons (Fsp3) is 0.923. The molecule has 0 aliphatic heterocycles. The molecule has 0 aliphatic carbocycles. The van der Waals surface area contributed by atoms with Gasteiger partial charge in [0.2, 0.25) is 0 Å². The van der Waals surface area contributed by atoms with Crippen molar-refractivity contribution < 1.29 is 15.0 Å². The van der Waals surface area contributed by atoms with Gasteiger partial charge in [-0.05, 0) is 19.3 Å². The van der Waals surface area contributed by atoms with Gasteiger partial charge < -0.3 is 10.2 Å². The van der Waals surface area contributed by atoms with E-state index in [1.165, 1.54) is 19.3 Å². The van der Waals surface area contributed by atoms with E-state index in [2.05, 4.69) is 13.8 Å². The minimum absolute atomic E-state index is 0.606. The Labute approximate surface area is 98.9 Å². The molecule has 0 aromatic carbocycles. The highest BCUT2D eigenvalue weighted by atomic mass is 16.4. The van der Waals surface area contributed by atoms with E-state index in [4.69, 9.17) is 5.11 Å². The first-order chi connectivity index (χ1) is 7.45. The summed E-state index contributed by atoms with van der Waals surface area (Å²) in [6.45, 7) is 6.00. The number of unbranched alkanes of at least 4 members (excludes halogenated alkanes) is 3. The zero-order valence-corrected chi connectivity index (χ0v) is 10.8. The maximum absolute atomic E-state index is 10.6. The highest BCUT2D eigenvalue weighted by Crippen LogP contribution is 2.14. The molecule has 0 saturated carbocycles. The molecule has 3 nitrogen and oxygen atoms in total. The number of carboxylic acids is 1. The van der Waals surface area contributed by atoms with Gasteiger partial charge in [-0.1, -0.05) is 46.0 Å². The highest BCUT2D eigenvalue weighted by Gasteiger charge is 2.20. The summed E-state index contributed by atoms with van der Waals surface area (Å²) >= 11 is 0. The van der Waals surface area contributed by atoms with Gasteiger partial charge in [0.1, 0.15) is 0 Å². The van der Waals surface area contributed by atoms with Gasteiger partial charge >= 0.3 is 5.97 Å². The molecular formula is C13H26O3. The number of aliphatic hydroxyl groups excluding tert-OH is 1. The summed E-state index contributed by atoms with van der Waals surface area (Å²) in [6, 6.07) is 0. The molecule has 96 valence electrons. The first-order valence-corrected chi connectivity index (χ1v) is 6.36. The SMILES string of the molecule is CC(C)CCCCCC[C@@H](O)[C@@H](C)C(=O)O. The second-order valence-corrected chi connectivity index (χ2v) is 5.08. The van der Waals surface area contributed by atoms with Crippen LogP contribution in [0.25, 0.3) is 0 Å². The van der Waals surface area contributed by atoms with E-state index in [1.807, 2.05) is 0 Å². The molecule has 0 unspecified atom stereocenters. The van der Waals surface area contributed by atoms with Gasteiger partial charge in [0.15, 0.2) is 0 Å². The Kier molecular flexibility index (Phi) is 8.26. The molecule has 0 bridgehead atoms. The third-order valence-electron chi connectivity index (χ3n) is 3.00. The van der Waals surface area contributed by atoms with Crippen molar-refractivity contribution in [3.8, 4) is 0 Å². The van der Waals surface area contributed by atoms with E-state index in [1.54, 1.807) is 6.92 Å². The average molecular weight is 230 g/mol. The van der Waals surface area contributed by atoms with E-state index in [0.717, 1.165) is 18.8 Å². The Bertz CT molecular complexity index is 190. The fourth-order valence-corrected chi connectivity index (χ4v) is 1.67. The van der Waals surface area contributed by atoms with Crippen LogP contribution < -0.4 is 0 Å². The average Bonchev–Trinajstić information content (AvgIpc) is 2.21. The molecule has 0 aliphatic rings. The fourth-order valence-electron chi connectivity index (χ4n) is 1.67. The first kappa shape index (κ1) is 15.4. The van der Waals surface area contributed by atoms with Crippen LogP contribution in [-0.4, -0.2) is 22.3 Å².